The number of aromatic nitrogens is 5. The predicted octanol–water partition coefficient (Wildman–Crippen LogP) is 1.51. The zero-order valence-electron chi connectivity index (χ0n) is 10.4. The summed E-state index contributed by atoms with van der Waals surface area (Å²) >= 11 is 1.45. The lowest BCUT2D eigenvalue weighted by Crippen LogP contribution is -2.14. The first-order valence-corrected chi connectivity index (χ1v) is 6.87. The highest BCUT2D eigenvalue weighted by atomic mass is 32.2. The minimum Gasteiger partial charge on any atom is -0.297 e. The van der Waals surface area contributed by atoms with Crippen LogP contribution in [0.25, 0.3) is 17.0 Å². The summed E-state index contributed by atoms with van der Waals surface area (Å²) in [6.07, 6.45) is 5.32. The summed E-state index contributed by atoms with van der Waals surface area (Å²) in [6, 6.07) is 3.22. The van der Waals surface area contributed by atoms with Crippen LogP contribution in [0.4, 0.5) is 0 Å². The number of hydrogen-bond acceptors (Lipinski definition) is 5. The van der Waals surface area contributed by atoms with Gasteiger partial charge >= 0.3 is 0 Å². The molecule has 0 atom stereocenters. The molecule has 3 aromatic heterocycles. The van der Waals surface area contributed by atoms with Crippen molar-refractivity contribution < 1.29 is 0 Å². The van der Waals surface area contributed by atoms with E-state index in [1.807, 2.05) is 13.2 Å². The van der Waals surface area contributed by atoms with Crippen molar-refractivity contribution in [2.24, 2.45) is 0 Å². The first kappa shape index (κ1) is 11.9. The van der Waals surface area contributed by atoms with E-state index in [0.29, 0.717) is 22.2 Å². The van der Waals surface area contributed by atoms with Crippen LogP contribution in [0.1, 0.15) is 5.56 Å². The van der Waals surface area contributed by atoms with Crippen LogP contribution in [0.15, 0.2) is 34.5 Å². The minimum atomic E-state index is -0.155. The van der Waals surface area contributed by atoms with Crippen LogP contribution in [0.3, 0.4) is 0 Å². The molecule has 0 aliphatic heterocycles. The number of aryl methyl sites for hydroxylation is 1. The highest BCUT2D eigenvalue weighted by Crippen LogP contribution is 2.17. The molecule has 0 amide bonds. The Kier molecular flexibility index (Phi) is 2.83. The first-order valence-electron chi connectivity index (χ1n) is 5.64. The maximum Gasteiger partial charge on any atom is 0.273 e. The number of aromatic amines is 1. The average Bonchev–Trinajstić information content (AvgIpc) is 2.81. The van der Waals surface area contributed by atoms with E-state index in [1.54, 1.807) is 18.5 Å². The zero-order chi connectivity index (χ0) is 13.4. The molecule has 0 radical (unpaired) electrons. The van der Waals surface area contributed by atoms with Gasteiger partial charge in [-0.05, 0) is 19.2 Å². The maximum absolute atomic E-state index is 12.0. The van der Waals surface area contributed by atoms with Crippen molar-refractivity contribution in [1.82, 2.24) is 24.6 Å². The van der Waals surface area contributed by atoms with Crippen LogP contribution in [-0.2, 0) is 0 Å². The van der Waals surface area contributed by atoms with Crippen molar-refractivity contribution in [2.45, 2.75) is 12.1 Å². The largest absolute Gasteiger partial charge is 0.297 e. The summed E-state index contributed by atoms with van der Waals surface area (Å²) in [7, 11) is 0. The van der Waals surface area contributed by atoms with Crippen LogP contribution in [0.5, 0.6) is 0 Å². The molecule has 0 aromatic carbocycles. The Balaban J connectivity index is 2.24. The fourth-order valence-electron chi connectivity index (χ4n) is 1.81. The van der Waals surface area contributed by atoms with E-state index >= 15 is 0 Å². The third-order valence-corrected chi connectivity index (χ3v) is 3.32. The fourth-order valence-corrected chi connectivity index (χ4v) is 2.17. The predicted molar refractivity (Wildman–Crippen MR) is 73.4 cm³/mol. The van der Waals surface area contributed by atoms with Gasteiger partial charge in [-0.15, -0.1) is 0 Å². The Hall–Kier alpha value is -2.15. The van der Waals surface area contributed by atoms with Gasteiger partial charge in [-0.25, -0.2) is 19.5 Å². The number of H-pyrrole nitrogens is 1. The van der Waals surface area contributed by atoms with Gasteiger partial charge in [0.2, 0.25) is 0 Å². The molecule has 7 heteroatoms. The third-order valence-electron chi connectivity index (χ3n) is 2.76. The van der Waals surface area contributed by atoms with E-state index in [4.69, 9.17) is 0 Å². The molecule has 19 heavy (non-hydrogen) atoms. The second kappa shape index (κ2) is 4.51. The topological polar surface area (TPSA) is 75.9 Å². The average molecular weight is 273 g/mol. The van der Waals surface area contributed by atoms with Crippen molar-refractivity contribution in [3.05, 3.63) is 40.4 Å². The highest BCUT2D eigenvalue weighted by molar-refractivity contribution is 7.98. The molecule has 0 fully saturated rings. The van der Waals surface area contributed by atoms with Gasteiger partial charge in [-0.1, -0.05) is 11.8 Å². The second-order valence-corrected chi connectivity index (χ2v) is 4.80. The number of fused-ring (bicyclic) bond motifs is 1. The first-order chi connectivity index (χ1) is 9.19. The van der Waals surface area contributed by atoms with Crippen molar-refractivity contribution in [3.8, 4) is 11.4 Å². The van der Waals surface area contributed by atoms with Gasteiger partial charge in [0.25, 0.3) is 5.56 Å². The van der Waals surface area contributed by atoms with Crippen LogP contribution in [0.2, 0.25) is 0 Å². The van der Waals surface area contributed by atoms with Gasteiger partial charge in [-0.3, -0.25) is 9.89 Å². The Labute approximate surface area is 112 Å². The van der Waals surface area contributed by atoms with Crippen molar-refractivity contribution in [2.75, 3.05) is 6.26 Å². The van der Waals surface area contributed by atoms with E-state index in [1.165, 1.54) is 22.3 Å². The zero-order valence-corrected chi connectivity index (χ0v) is 11.2. The molecule has 0 bridgehead atoms. The van der Waals surface area contributed by atoms with Gasteiger partial charge < -0.3 is 0 Å². The summed E-state index contributed by atoms with van der Waals surface area (Å²) in [4.78, 5) is 24.9. The normalized spacial score (nSPS) is 11.1. The van der Waals surface area contributed by atoms with E-state index in [-0.39, 0.29) is 5.56 Å². The molecule has 3 heterocycles. The van der Waals surface area contributed by atoms with Gasteiger partial charge in [0, 0.05) is 24.0 Å². The Morgan fingerprint density at radius 1 is 1.32 bits per heavy atom. The molecular formula is C12H11N5OS. The lowest BCUT2D eigenvalue weighted by molar-refractivity contribution is 0.896. The SMILES string of the molecule is CSc1nccc(-c2cc(=O)n3[nH]cc(C)c3n2)n1. The summed E-state index contributed by atoms with van der Waals surface area (Å²) in [5, 5.41) is 3.52. The molecular weight excluding hydrogens is 262 g/mol. The number of nitrogens with one attached hydrogen (secondary N) is 1. The molecule has 3 rings (SSSR count). The molecule has 0 saturated carbocycles. The smallest absolute Gasteiger partial charge is 0.273 e. The molecule has 6 nitrogen and oxygen atoms in total. The lowest BCUT2D eigenvalue weighted by Gasteiger charge is -2.02. The van der Waals surface area contributed by atoms with Crippen molar-refractivity contribution in [3.63, 3.8) is 0 Å². The van der Waals surface area contributed by atoms with E-state index < -0.39 is 0 Å². The molecule has 3 aromatic rings. The number of rotatable bonds is 2. The van der Waals surface area contributed by atoms with Crippen LogP contribution in [-0.4, -0.2) is 30.8 Å². The highest BCUT2D eigenvalue weighted by Gasteiger charge is 2.09. The molecule has 0 aliphatic carbocycles. The second-order valence-electron chi connectivity index (χ2n) is 4.02. The lowest BCUT2D eigenvalue weighted by atomic mass is 10.3. The number of thioether (sulfide) groups is 1. The van der Waals surface area contributed by atoms with Gasteiger partial charge in [0.05, 0.1) is 11.4 Å². The maximum atomic E-state index is 12.0. The van der Waals surface area contributed by atoms with Crippen LogP contribution in [0, 0.1) is 6.92 Å². The van der Waals surface area contributed by atoms with Gasteiger partial charge in [-0.2, -0.15) is 0 Å². The Morgan fingerprint density at radius 3 is 2.95 bits per heavy atom. The molecule has 1 N–H and O–H groups in total. The minimum absolute atomic E-state index is 0.155. The van der Waals surface area contributed by atoms with Crippen molar-refractivity contribution >= 4 is 17.4 Å². The van der Waals surface area contributed by atoms with Gasteiger partial charge in [0.1, 0.15) is 0 Å². The third kappa shape index (κ3) is 2.01. The Morgan fingerprint density at radius 2 is 2.16 bits per heavy atom. The van der Waals surface area contributed by atoms with Gasteiger partial charge in [0.15, 0.2) is 10.8 Å². The Bertz CT molecular complexity index is 807. The van der Waals surface area contributed by atoms with E-state index in [0.717, 1.165) is 5.56 Å². The summed E-state index contributed by atoms with van der Waals surface area (Å²) < 4.78 is 1.41. The quantitative estimate of drug-likeness (QED) is 0.566. The molecule has 0 aliphatic rings. The molecule has 0 saturated heterocycles. The standard InChI is InChI=1S/C12H11N5OS/c1-7-6-14-17-10(18)5-9(15-11(7)17)8-3-4-13-12(16-8)19-2/h3-6,14H,1-2H3. The van der Waals surface area contributed by atoms with Crippen LogP contribution < -0.4 is 5.56 Å². The van der Waals surface area contributed by atoms with E-state index in [9.17, 15) is 4.79 Å². The number of nitrogens with zero attached hydrogens (tertiary/aromatic N) is 4. The summed E-state index contributed by atoms with van der Waals surface area (Å²) in [6.45, 7) is 1.90. The molecule has 96 valence electrons. The summed E-state index contributed by atoms with van der Waals surface area (Å²) in [5.74, 6) is 0. The van der Waals surface area contributed by atoms with E-state index in [2.05, 4.69) is 20.1 Å². The summed E-state index contributed by atoms with van der Waals surface area (Å²) in [5.41, 5.74) is 2.59. The monoisotopic (exact) mass is 273 g/mol. The number of hydrogen-bond donors (Lipinski definition) is 1. The molecule has 0 unspecified atom stereocenters. The fraction of sp³-hybridized carbons (Fsp3) is 0.167. The molecule has 0 spiro atoms. The van der Waals surface area contributed by atoms with Crippen molar-refractivity contribution in [1.29, 1.82) is 0 Å². The van der Waals surface area contributed by atoms with Crippen LogP contribution >= 0.6 is 11.8 Å².